The Kier molecular flexibility index (Phi) is 4.09. The number of carbonyl (C=O) groups is 1. The third-order valence-corrected chi connectivity index (χ3v) is 2.47. The third-order valence-electron chi connectivity index (χ3n) is 2.47. The number of hydrogen-bond donors (Lipinski definition) is 0. The molecule has 0 N–H and O–H groups in total. The number of ketones is 1. The Morgan fingerprint density at radius 3 is 2.75 bits per heavy atom. The van der Waals surface area contributed by atoms with Gasteiger partial charge in [0.1, 0.15) is 5.78 Å². The van der Waals surface area contributed by atoms with Gasteiger partial charge in [0.05, 0.1) is 0 Å². The van der Waals surface area contributed by atoms with Gasteiger partial charge in [0.2, 0.25) is 0 Å². The molecule has 0 atom stereocenters. The normalized spacial score (nSPS) is 21.8. The molecule has 0 saturated heterocycles. The summed E-state index contributed by atoms with van der Waals surface area (Å²) in [4.78, 5) is 11.3. The summed E-state index contributed by atoms with van der Waals surface area (Å²) in [5.41, 5.74) is 3.68. The average molecular weight is 233 g/mol. The molecule has 2 heteroatoms. The van der Waals surface area contributed by atoms with Crippen molar-refractivity contribution in [1.29, 1.82) is 0 Å². The number of Topliss-reactive ketones (excluding diaryl/α,β-unsaturated/α-hetero) is 1. The molecule has 58 valence electrons. The maximum Gasteiger partial charge on any atom is 1.00 e. The Labute approximate surface area is 122 Å². The zero-order valence-corrected chi connectivity index (χ0v) is 12.6. The van der Waals surface area contributed by atoms with Crippen molar-refractivity contribution in [2.24, 2.45) is 0 Å². The van der Waals surface area contributed by atoms with Crippen LogP contribution in [0.3, 0.4) is 0 Å². The van der Waals surface area contributed by atoms with Crippen LogP contribution in [-0.2, 0) is 4.79 Å². The van der Waals surface area contributed by atoms with Crippen LogP contribution in [0, 0.1) is 6.42 Å². The second-order valence-electron chi connectivity index (χ2n) is 3.17. The largest absolute Gasteiger partial charge is 1.00 e. The first-order valence-corrected chi connectivity index (χ1v) is 4.03. The van der Waals surface area contributed by atoms with Crippen LogP contribution < -0.4 is 58.2 Å². The van der Waals surface area contributed by atoms with E-state index in [1.54, 1.807) is 0 Å². The smallest absolute Gasteiger partial charge is 0.317 e. The zero-order valence-electron chi connectivity index (χ0n) is 7.68. The molecule has 0 aromatic rings. The fraction of sp³-hybridized carbons (Fsp3) is 0.400. The van der Waals surface area contributed by atoms with Gasteiger partial charge in [0.25, 0.3) is 0 Å². The molecule has 2 rings (SSSR count). The standard InChI is InChI=1S/C10H11O.Rb/c1-7-5-6-9-8(7)3-2-4-10(9)11;/h2,5H,3-4,6H2,1H3;/q-1;+1. The Bertz CT molecular complexity index is 274. The fourth-order valence-corrected chi connectivity index (χ4v) is 1.78. The molecule has 0 bridgehead atoms. The van der Waals surface area contributed by atoms with E-state index in [0.717, 1.165) is 18.4 Å². The summed E-state index contributed by atoms with van der Waals surface area (Å²) in [6.45, 7) is 2.09. The summed E-state index contributed by atoms with van der Waals surface area (Å²) in [5, 5.41) is 0. The quantitative estimate of drug-likeness (QED) is 0.500. The monoisotopic (exact) mass is 232 g/mol. The topological polar surface area (TPSA) is 17.1 Å². The number of allylic oxidation sites excluding steroid dienone is 4. The predicted molar refractivity (Wildman–Crippen MR) is 43.9 cm³/mol. The van der Waals surface area contributed by atoms with Gasteiger partial charge in [-0.2, -0.15) is 6.42 Å². The SMILES string of the molecule is CC1=CCC2=C1C[CH-]CC2=O.[Rb+]. The Morgan fingerprint density at radius 2 is 2.08 bits per heavy atom. The van der Waals surface area contributed by atoms with E-state index in [0.29, 0.717) is 12.2 Å². The number of rotatable bonds is 0. The van der Waals surface area contributed by atoms with E-state index < -0.39 is 0 Å². The summed E-state index contributed by atoms with van der Waals surface area (Å²) in [7, 11) is 0. The molecule has 0 saturated carbocycles. The van der Waals surface area contributed by atoms with Crippen molar-refractivity contribution in [3.05, 3.63) is 29.2 Å². The molecule has 0 spiro atoms. The van der Waals surface area contributed by atoms with Crippen LogP contribution in [0.5, 0.6) is 0 Å². The molecule has 0 radical (unpaired) electrons. The van der Waals surface area contributed by atoms with E-state index >= 15 is 0 Å². The maximum absolute atomic E-state index is 11.3. The van der Waals surface area contributed by atoms with Gasteiger partial charge in [-0.3, -0.25) is 4.79 Å². The van der Waals surface area contributed by atoms with Gasteiger partial charge < -0.3 is 6.42 Å². The predicted octanol–water partition coefficient (Wildman–Crippen LogP) is -0.796. The number of hydrogen-bond acceptors (Lipinski definition) is 1. The molecule has 1 nitrogen and oxygen atoms in total. The maximum atomic E-state index is 11.3. The van der Waals surface area contributed by atoms with Gasteiger partial charge in [-0.25, -0.2) is 0 Å². The Balaban J connectivity index is 0.000000720. The van der Waals surface area contributed by atoms with Crippen LogP contribution in [-0.4, -0.2) is 5.78 Å². The Morgan fingerprint density at radius 1 is 1.33 bits per heavy atom. The van der Waals surface area contributed by atoms with Crippen LogP contribution in [0.15, 0.2) is 22.8 Å². The summed E-state index contributed by atoms with van der Waals surface area (Å²) in [5.74, 6) is 0.333. The van der Waals surface area contributed by atoms with Gasteiger partial charge in [-0.15, -0.1) is 6.42 Å². The molecule has 0 aromatic heterocycles. The molecule has 12 heavy (non-hydrogen) atoms. The zero-order chi connectivity index (χ0) is 7.84. The molecule has 0 heterocycles. The van der Waals surface area contributed by atoms with E-state index in [4.69, 9.17) is 0 Å². The van der Waals surface area contributed by atoms with Crippen molar-refractivity contribution >= 4 is 5.78 Å². The van der Waals surface area contributed by atoms with Crippen molar-refractivity contribution in [1.82, 2.24) is 0 Å². The fourth-order valence-electron chi connectivity index (χ4n) is 1.78. The van der Waals surface area contributed by atoms with E-state index in [9.17, 15) is 4.79 Å². The van der Waals surface area contributed by atoms with Crippen molar-refractivity contribution in [2.75, 3.05) is 0 Å². The van der Waals surface area contributed by atoms with E-state index in [-0.39, 0.29) is 58.2 Å². The molecule has 2 aliphatic carbocycles. The third kappa shape index (κ3) is 1.89. The van der Waals surface area contributed by atoms with Crippen LogP contribution in [0.2, 0.25) is 0 Å². The second kappa shape index (κ2) is 4.45. The summed E-state index contributed by atoms with van der Waals surface area (Å²) < 4.78 is 0. The van der Waals surface area contributed by atoms with Gasteiger partial charge in [-0.1, -0.05) is 17.2 Å². The van der Waals surface area contributed by atoms with Gasteiger partial charge in [-0.05, 0) is 18.9 Å². The first-order chi connectivity index (χ1) is 5.29. The minimum absolute atomic E-state index is 0. The minimum atomic E-state index is 0. The second-order valence-corrected chi connectivity index (χ2v) is 3.17. The van der Waals surface area contributed by atoms with E-state index in [2.05, 4.69) is 19.4 Å². The van der Waals surface area contributed by atoms with E-state index in [1.807, 2.05) is 0 Å². The van der Waals surface area contributed by atoms with Crippen LogP contribution in [0.4, 0.5) is 0 Å². The van der Waals surface area contributed by atoms with E-state index in [1.165, 1.54) is 11.1 Å². The van der Waals surface area contributed by atoms with Crippen LogP contribution >= 0.6 is 0 Å². The minimum Gasteiger partial charge on any atom is -0.317 e. The molecule has 0 aliphatic heterocycles. The molecular weight excluding hydrogens is 222 g/mol. The molecular formula is C10H11ORb. The molecule has 0 fully saturated rings. The first kappa shape index (κ1) is 11.0. The summed E-state index contributed by atoms with van der Waals surface area (Å²) in [6.07, 6.45) is 6.77. The number of carbonyl (C=O) groups excluding carboxylic acids is 1. The molecule has 0 amide bonds. The molecule has 2 aliphatic rings. The summed E-state index contributed by atoms with van der Waals surface area (Å²) >= 11 is 0. The van der Waals surface area contributed by atoms with Gasteiger partial charge in [0, 0.05) is 0 Å². The Hall–Kier alpha value is 0.955. The van der Waals surface area contributed by atoms with Crippen molar-refractivity contribution < 1.29 is 63.0 Å². The van der Waals surface area contributed by atoms with Crippen molar-refractivity contribution in [3.63, 3.8) is 0 Å². The van der Waals surface area contributed by atoms with Gasteiger partial charge >= 0.3 is 58.2 Å². The van der Waals surface area contributed by atoms with Crippen molar-refractivity contribution in [2.45, 2.75) is 26.2 Å². The summed E-state index contributed by atoms with van der Waals surface area (Å²) in [6, 6.07) is 0. The average Bonchev–Trinajstić information content (AvgIpc) is 2.35. The van der Waals surface area contributed by atoms with Crippen LogP contribution in [0.25, 0.3) is 0 Å². The van der Waals surface area contributed by atoms with Gasteiger partial charge in [0.15, 0.2) is 0 Å². The molecule has 0 aromatic carbocycles. The molecule has 0 unspecified atom stereocenters. The van der Waals surface area contributed by atoms with Crippen molar-refractivity contribution in [3.8, 4) is 0 Å². The first-order valence-electron chi connectivity index (χ1n) is 4.03. The van der Waals surface area contributed by atoms with Crippen LogP contribution in [0.1, 0.15) is 26.2 Å².